The van der Waals surface area contributed by atoms with E-state index in [0.29, 0.717) is 17.5 Å². The number of carbonyl (C=O) groups excluding carboxylic acids is 1. The third kappa shape index (κ3) is 4.71. The van der Waals surface area contributed by atoms with Crippen molar-refractivity contribution < 1.29 is 14.3 Å². The van der Waals surface area contributed by atoms with Crippen molar-refractivity contribution in [2.75, 3.05) is 19.0 Å². The molecular weight excluding hydrogens is 436 g/mol. The third-order valence-corrected chi connectivity index (χ3v) is 6.74. The van der Waals surface area contributed by atoms with Gasteiger partial charge in [0.1, 0.15) is 11.5 Å². The van der Waals surface area contributed by atoms with E-state index in [4.69, 9.17) is 19.6 Å². The average Bonchev–Trinajstić information content (AvgIpc) is 3.25. The first-order valence-electron chi connectivity index (χ1n) is 11.2. The second-order valence-electron chi connectivity index (χ2n) is 8.17. The number of para-hydroxylation sites is 1. The normalized spacial score (nSPS) is 17.0. The van der Waals surface area contributed by atoms with Crippen LogP contribution in [-0.2, 0) is 4.79 Å². The maximum atomic E-state index is 11.8. The lowest BCUT2D eigenvalue weighted by Crippen LogP contribution is -2.25. The first-order chi connectivity index (χ1) is 16.2. The number of thiazole rings is 1. The minimum Gasteiger partial charge on any atom is -0.496 e. The number of nitrogens with zero attached hydrogens (tertiary/aromatic N) is 3. The zero-order valence-electron chi connectivity index (χ0n) is 18.5. The Balaban J connectivity index is 1.58. The molecule has 2 aromatic carbocycles. The lowest BCUT2D eigenvalue weighted by molar-refractivity contribution is -0.118. The molecule has 0 radical (unpaired) electrons. The minimum atomic E-state index is -0.153. The molecule has 170 valence electrons. The molecule has 0 atom stereocenters. The van der Waals surface area contributed by atoms with Gasteiger partial charge in [-0.3, -0.25) is 9.79 Å². The Morgan fingerprint density at radius 2 is 2.03 bits per heavy atom. The smallest absolute Gasteiger partial charge is 0.262 e. The van der Waals surface area contributed by atoms with Crippen LogP contribution in [0.25, 0.3) is 11.3 Å². The van der Waals surface area contributed by atoms with Crippen LogP contribution in [0.3, 0.4) is 0 Å². The van der Waals surface area contributed by atoms with Gasteiger partial charge < -0.3 is 14.8 Å². The Kier molecular flexibility index (Phi) is 6.26. The highest BCUT2D eigenvalue weighted by Gasteiger charge is 2.18. The average molecular weight is 463 g/mol. The van der Waals surface area contributed by atoms with Crippen LogP contribution in [0.1, 0.15) is 37.7 Å². The molecule has 1 fully saturated rings. The summed E-state index contributed by atoms with van der Waals surface area (Å²) in [6.07, 6.45) is 7.77. The lowest BCUT2D eigenvalue weighted by Gasteiger charge is -2.18. The van der Waals surface area contributed by atoms with Crippen molar-refractivity contribution in [3.8, 4) is 22.8 Å². The summed E-state index contributed by atoms with van der Waals surface area (Å²) in [6, 6.07) is 13.9. The van der Waals surface area contributed by atoms with Crippen LogP contribution in [0.5, 0.6) is 11.5 Å². The van der Waals surface area contributed by atoms with E-state index in [1.165, 1.54) is 19.3 Å². The predicted octanol–water partition coefficient (Wildman–Crippen LogP) is 4.67. The van der Waals surface area contributed by atoms with E-state index in [2.05, 4.69) is 10.7 Å². The predicted molar refractivity (Wildman–Crippen MR) is 130 cm³/mol. The monoisotopic (exact) mass is 462 g/mol. The SMILES string of the molecule is COc1ccccc1C=Nn1c(-c2ccc3c(c2)NC(=O)CO3)csc1=NC1CCCCC1. The molecule has 1 aliphatic carbocycles. The number of nitrogens with one attached hydrogen (secondary N) is 1. The third-order valence-electron chi connectivity index (χ3n) is 5.91. The molecule has 0 unspecified atom stereocenters. The van der Waals surface area contributed by atoms with Gasteiger partial charge in [-0.15, -0.1) is 11.3 Å². The number of carbonyl (C=O) groups is 1. The molecule has 1 aromatic heterocycles. The zero-order chi connectivity index (χ0) is 22.6. The fraction of sp³-hybridized carbons (Fsp3) is 0.320. The van der Waals surface area contributed by atoms with Crippen LogP contribution in [0.2, 0.25) is 0 Å². The van der Waals surface area contributed by atoms with Gasteiger partial charge in [-0.25, -0.2) is 4.68 Å². The minimum absolute atomic E-state index is 0.0401. The van der Waals surface area contributed by atoms with Gasteiger partial charge in [0.05, 0.1) is 30.7 Å². The van der Waals surface area contributed by atoms with Crippen molar-refractivity contribution in [2.45, 2.75) is 38.1 Å². The maximum absolute atomic E-state index is 11.8. The summed E-state index contributed by atoms with van der Waals surface area (Å²) in [5.41, 5.74) is 3.39. The first kappa shape index (κ1) is 21.5. The van der Waals surface area contributed by atoms with Gasteiger partial charge in [0.2, 0.25) is 4.80 Å². The second-order valence-corrected chi connectivity index (χ2v) is 9.01. The van der Waals surface area contributed by atoms with Crippen LogP contribution in [0.4, 0.5) is 5.69 Å². The number of ether oxygens (including phenoxy) is 2. The molecule has 0 saturated heterocycles. The number of methoxy groups -OCH3 is 1. The van der Waals surface area contributed by atoms with Crippen molar-refractivity contribution in [3.63, 3.8) is 0 Å². The zero-order valence-corrected chi connectivity index (χ0v) is 19.3. The standard InChI is InChI=1S/C25H26N4O3S/c1-31-22-10-6-5-7-18(22)14-26-29-21(16-33-25(29)27-19-8-3-2-4-9-19)17-11-12-23-20(13-17)28-24(30)15-32-23/h5-7,10-14,16,19H,2-4,8-9,15H2,1H3,(H,28,30). The van der Waals surface area contributed by atoms with E-state index < -0.39 is 0 Å². The molecule has 2 aliphatic rings. The lowest BCUT2D eigenvalue weighted by atomic mass is 9.96. The van der Waals surface area contributed by atoms with Gasteiger partial charge in [0.25, 0.3) is 5.91 Å². The van der Waals surface area contributed by atoms with Gasteiger partial charge in [-0.1, -0.05) is 31.4 Å². The van der Waals surface area contributed by atoms with Gasteiger partial charge in [0, 0.05) is 16.5 Å². The number of rotatable bonds is 5. The number of aromatic nitrogens is 1. The van der Waals surface area contributed by atoms with Crippen molar-refractivity contribution in [1.82, 2.24) is 4.68 Å². The van der Waals surface area contributed by atoms with Crippen molar-refractivity contribution in [1.29, 1.82) is 0 Å². The molecule has 1 saturated carbocycles. The molecule has 33 heavy (non-hydrogen) atoms. The molecule has 1 aliphatic heterocycles. The molecule has 5 rings (SSSR count). The van der Waals surface area contributed by atoms with Gasteiger partial charge in [-0.05, 0) is 43.2 Å². The second kappa shape index (κ2) is 9.62. The fourth-order valence-electron chi connectivity index (χ4n) is 4.20. The highest BCUT2D eigenvalue weighted by molar-refractivity contribution is 7.07. The Morgan fingerprint density at radius 1 is 1.18 bits per heavy atom. The number of fused-ring (bicyclic) bond motifs is 1. The molecule has 3 aromatic rings. The molecule has 2 heterocycles. The Bertz CT molecular complexity index is 1250. The van der Waals surface area contributed by atoms with E-state index in [1.54, 1.807) is 24.7 Å². The first-order valence-corrected chi connectivity index (χ1v) is 12.1. The summed E-state index contributed by atoms with van der Waals surface area (Å²) < 4.78 is 12.9. The van der Waals surface area contributed by atoms with Crippen LogP contribution < -0.4 is 19.6 Å². The molecule has 1 amide bonds. The van der Waals surface area contributed by atoms with Crippen molar-refractivity contribution >= 4 is 29.1 Å². The Labute approximate surface area is 196 Å². The Hall–Kier alpha value is -3.39. The number of anilines is 1. The largest absolute Gasteiger partial charge is 0.496 e. The van der Waals surface area contributed by atoms with Crippen molar-refractivity contribution in [3.05, 3.63) is 58.2 Å². The Morgan fingerprint density at radius 3 is 2.88 bits per heavy atom. The topological polar surface area (TPSA) is 77.2 Å². The number of amides is 1. The maximum Gasteiger partial charge on any atom is 0.262 e. The summed E-state index contributed by atoms with van der Waals surface area (Å²) in [4.78, 5) is 17.7. The van der Waals surface area contributed by atoms with Crippen LogP contribution >= 0.6 is 11.3 Å². The van der Waals surface area contributed by atoms with Crippen LogP contribution in [0, 0.1) is 0 Å². The van der Waals surface area contributed by atoms with E-state index in [1.807, 2.05) is 47.1 Å². The molecule has 0 bridgehead atoms. The molecule has 0 spiro atoms. The summed E-state index contributed by atoms with van der Waals surface area (Å²) in [6.45, 7) is 0.0401. The van der Waals surface area contributed by atoms with Crippen LogP contribution in [-0.4, -0.2) is 36.6 Å². The van der Waals surface area contributed by atoms with E-state index >= 15 is 0 Å². The quantitative estimate of drug-likeness (QED) is 0.560. The number of benzene rings is 2. The molecule has 8 heteroatoms. The summed E-state index contributed by atoms with van der Waals surface area (Å²) >= 11 is 1.58. The van der Waals surface area contributed by atoms with Crippen LogP contribution in [0.15, 0.2) is 57.9 Å². The van der Waals surface area contributed by atoms with E-state index in [9.17, 15) is 4.79 Å². The molecule has 1 N–H and O–H groups in total. The highest BCUT2D eigenvalue weighted by atomic mass is 32.1. The highest BCUT2D eigenvalue weighted by Crippen LogP contribution is 2.33. The van der Waals surface area contributed by atoms with E-state index in [0.717, 1.165) is 40.2 Å². The summed E-state index contributed by atoms with van der Waals surface area (Å²) in [5, 5.41) is 9.77. The van der Waals surface area contributed by atoms with Gasteiger partial charge >= 0.3 is 0 Å². The molecular formula is C25H26N4O3S. The van der Waals surface area contributed by atoms with E-state index in [-0.39, 0.29) is 12.5 Å². The molecule has 7 nitrogen and oxygen atoms in total. The fourth-order valence-corrected chi connectivity index (χ4v) is 5.11. The van der Waals surface area contributed by atoms with Gasteiger partial charge in [0.15, 0.2) is 6.61 Å². The number of hydrogen-bond acceptors (Lipinski definition) is 6. The summed E-state index contributed by atoms with van der Waals surface area (Å²) in [7, 11) is 1.66. The van der Waals surface area contributed by atoms with Crippen molar-refractivity contribution in [2.24, 2.45) is 10.1 Å². The van der Waals surface area contributed by atoms with Gasteiger partial charge in [-0.2, -0.15) is 5.10 Å². The number of hydrogen-bond donors (Lipinski definition) is 1. The summed E-state index contributed by atoms with van der Waals surface area (Å²) in [5.74, 6) is 1.28.